The summed E-state index contributed by atoms with van der Waals surface area (Å²) in [6, 6.07) is 10.1. The van der Waals surface area contributed by atoms with Crippen molar-refractivity contribution in [1.29, 1.82) is 0 Å². The van der Waals surface area contributed by atoms with Crippen LogP contribution in [-0.2, 0) is 20.9 Å². The van der Waals surface area contributed by atoms with Gasteiger partial charge in [-0.25, -0.2) is 0 Å². The Morgan fingerprint density at radius 1 is 1.23 bits per heavy atom. The third kappa shape index (κ3) is 4.33. The van der Waals surface area contributed by atoms with E-state index >= 15 is 0 Å². The number of hydrogen-bond donors (Lipinski definition) is 0. The van der Waals surface area contributed by atoms with Crippen molar-refractivity contribution in [2.75, 3.05) is 6.61 Å². The van der Waals surface area contributed by atoms with E-state index in [1.54, 1.807) is 6.92 Å². The molecule has 4 heteroatoms. The molecular weight excluding hydrogens is 278 g/mol. The molecule has 0 N–H and O–H groups in total. The van der Waals surface area contributed by atoms with Crippen LogP contribution >= 0.6 is 0 Å². The number of rotatable bonds is 6. The third-order valence-electron chi connectivity index (χ3n) is 4.35. The molecular formula is C18H25NO3. The van der Waals surface area contributed by atoms with Crippen LogP contribution in [0.1, 0.15) is 45.1 Å². The zero-order chi connectivity index (χ0) is 15.9. The van der Waals surface area contributed by atoms with Crippen molar-refractivity contribution < 1.29 is 14.3 Å². The standard InChI is InChI=1S/C18H25NO3/c1-3-22-18(21)12-16-10-7-11-17(16)19(14(2)20)13-15-8-5-4-6-9-15/h4-6,8-9,16-17H,3,7,10-13H2,1-2H3/t16-,17+/m0/s1. The van der Waals surface area contributed by atoms with Gasteiger partial charge in [0.05, 0.1) is 13.0 Å². The van der Waals surface area contributed by atoms with Gasteiger partial charge in [0.1, 0.15) is 0 Å². The molecule has 0 saturated heterocycles. The van der Waals surface area contributed by atoms with Crippen molar-refractivity contribution in [3.05, 3.63) is 35.9 Å². The Labute approximate surface area is 132 Å². The summed E-state index contributed by atoms with van der Waals surface area (Å²) >= 11 is 0. The zero-order valence-corrected chi connectivity index (χ0v) is 13.5. The fraction of sp³-hybridized carbons (Fsp3) is 0.556. The molecule has 0 unspecified atom stereocenters. The van der Waals surface area contributed by atoms with Crippen LogP contribution in [0.5, 0.6) is 0 Å². The van der Waals surface area contributed by atoms with E-state index < -0.39 is 0 Å². The number of carbonyl (C=O) groups is 2. The Balaban J connectivity index is 2.06. The summed E-state index contributed by atoms with van der Waals surface area (Å²) in [5, 5.41) is 0. The number of ether oxygens (including phenoxy) is 1. The van der Waals surface area contributed by atoms with Crippen molar-refractivity contribution in [2.24, 2.45) is 5.92 Å². The van der Waals surface area contributed by atoms with Gasteiger partial charge >= 0.3 is 5.97 Å². The average Bonchev–Trinajstić information content (AvgIpc) is 2.93. The van der Waals surface area contributed by atoms with E-state index in [0.717, 1.165) is 24.8 Å². The lowest BCUT2D eigenvalue weighted by atomic mass is 9.97. The minimum absolute atomic E-state index is 0.0737. The van der Waals surface area contributed by atoms with Crippen LogP contribution in [0, 0.1) is 5.92 Å². The first kappa shape index (κ1) is 16.5. The molecule has 0 spiro atoms. The number of amides is 1. The zero-order valence-electron chi connectivity index (χ0n) is 13.5. The van der Waals surface area contributed by atoms with Crippen LogP contribution < -0.4 is 0 Å². The molecule has 2 atom stereocenters. The number of esters is 1. The Bertz CT molecular complexity index is 500. The molecule has 2 rings (SSSR count). The maximum Gasteiger partial charge on any atom is 0.306 e. The molecule has 1 aromatic carbocycles. The van der Waals surface area contributed by atoms with E-state index in [2.05, 4.69) is 0 Å². The van der Waals surface area contributed by atoms with Gasteiger partial charge in [0.2, 0.25) is 5.91 Å². The molecule has 0 radical (unpaired) electrons. The predicted molar refractivity (Wildman–Crippen MR) is 85.0 cm³/mol. The fourth-order valence-electron chi connectivity index (χ4n) is 3.34. The minimum Gasteiger partial charge on any atom is -0.466 e. The van der Waals surface area contributed by atoms with Gasteiger partial charge in [-0.1, -0.05) is 36.8 Å². The molecule has 1 aromatic rings. The summed E-state index contributed by atoms with van der Waals surface area (Å²) in [5.74, 6) is 0.138. The number of carbonyl (C=O) groups excluding carboxylic acids is 2. The smallest absolute Gasteiger partial charge is 0.306 e. The Hall–Kier alpha value is -1.84. The molecule has 22 heavy (non-hydrogen) atoms. The summed E-state index contributed by atoms with van der Waals surface area (Å²) in [7, 11) is 0. The largest absolute Gasteiger partial charge is 0.466 e. The van der Waals surface area contributed by atoms with Crippen LogP contribution in [0.2, 0.25) is 0 Å². The van der Waals surface area contributed by atoms with Crippen molar-refractivity contribution in [1.82, 2.24) is 4.90 Å². The first-order valence-electron chi connectivity index (χ1n) is 8.08. The van der Waals surface area contributed by atoms with Crippen LogP contribution in [0.4, 0.5) is 0 Å². The molecule has 1 aliphatic rings. The quantitative estimate of drug-likeness (QED) is 0.758. The fourth-order valence-corrected chi connectivity index (χ4v) is 3.34. The monoisotopic (exact) mass is 303 g/mol. The Morgan fingerprint density at radius 2 is 1.95 bits per heavy atom. The van der Waals surface area contributed by atoms with E-state index in [-0.39, 0.29) is 23.8 Å². The van der Waals surface area contributed by atoms with Gasteiger partial charge in [-0.15, -0.1) is 0 Å². The lowest BCUT2D eigenvalue weighted by Crippen LogP contribution is -2.41. The van der Waals surface area contributed by atoms with E-state index in [9.17, 15) is 9.59 Å². The second kappa shape index (κ2) is 7.97. The number of hydrogen-bond acceptors (Lipinski definition) is 3. The molecule has 1 saturated carbocycles. The van der Waals surface area contributed by atoms with Gasteiger partial charge in [0.15, 0.2) is 0 Å². The highest BCUT2D eigenvalue weighted by Gasteiger charge is 2.35. The summed E-state index contributed by atoms with van der Waals surface area (Å²) < 4.78 is 5.07. The molecule has 1 fully saturated rings. The van der Waals surface area contributed by atoms with Crippen molar-refractivity contribution in [2.45, 2.75) is 52.1 Å². The van der Waals surface area contributed by atoms with Gasteiger partial charge < -0.3 is 9.64 Å². The molecule has 120 valence electrons. The third-order valence-corrected chi connectivity index (χ3v) is 4.35. The average molecular weight is 303 g/mol. The maximum atomic E-state index is 12.1. The van der Waals surface area contributed by atoms with Crippen molar-refractivity contribution in [3.63, 3.8) is 0 Å². The molecule has 4 nitrogen and oxygen atoms in total. The van der Waals surface area contributed by atoms with Gasteiger partial charge in [-0.05, 0) is 31.2 Å². The van der Waals surface area contributed by atoms with Crippen molar-refractivity contribution in [3.8, 4) is 0 Å². The second-order valence-corrected chi connectivity index (χ2v) is 5.90. The van der Waals surface area contributed by atoms with Gasteiger partial charge in [-0.2, -0.15) is 0 Å². The summed E-state index contributed by atoms with van der Waals surface area (Å²) in [6.07, 6.45) is 3.43. The minimum atomic E-state index is -0.150. The highest BCUT2D eigenvalue weighted by Crippen LogP contribution is 2.33. The topological polar surface area (TPSA) is 46.6 Å². The SMILES string of the molecule is CCOC(=O)C[C@@H]1CCC[C@H]1N(Cc1ccccc1)C(C)=O. The van der Waals surface area contributed by atoms with E-state index in [0.29, 0.717) is 19.6 Å². The highest BCUT2D eigenvalue weighted by atomic mass is 16.5. The molecule has 0 aromatic heterocycles. The summed E-state index contributed by atoms with van der Waals surface area (Å²) in [6.45, 7) is 4.46. The van der Waals surface area contributed by atoms with Crippen LogP contribution in [0.25, 0.3) is 0 Å². The number of nitrogens with zero attached hydrogens (tertiary/aromatic N) is 1. The summed E-state index contributed by atoms with van der Waals surface area (Å²) in [5.41, 5.74) is 1.12. The van der Waals surface area contributed by atoms with Gasteiger partial charge in [0.25, 0.3) is 0 Å². The molecule has 0 aliphatic heterocycles. The second-order valence-electron chi connectivity index (χ2n) is 5.90. The van der Waals surface area contributed by atoms with Crippen molar-refractivity contribution >= 4 is 11.9 Å². The summed E-state index contributed by atoms with van der Waals surface area (Å²) in [4.78, 5) is 25.8. The molecule has 0 heterocycles. The highest BCUT2D eigenvalue weighted by molar-refractivity contribution is 5.74. The van der Waals surface area contributed by atoms with Crippen LogP contribution in [0.3, 0.4) is 0 Å². The van der Waals surface area contributed by atoms with E-state index in [4.69, 9.17) is 4.74 Å². The maximum absolute atomic E-state index is 12.1. The Kier molecular flexibility index (Phi) is 5.99. The normalized spacial score (nSPS) is 20.6. The molecule has 0 bridgehead atoms. The van der Waals surface area contributed by atoms with Gasteiger partial charge in [-0.3, -0.25) is 9.59 Å². The van der Waals surface area contributed by atoms with Gasteiger partial charge in [0, 0.05) is 19.5 Å². The van der Waals surface area contributed by atoms with E-state index in [1.807, 2.05) is 42.2 Å². The molecule has 1 amide bonds. The molecule has 1 aliphatic carbocycles. The Morgan fingerprint density at radius 3 is 2.59 bits per heavy atom. The lowest BCUT2D eigenvalue weighted by molar-refractivity contribution is -0.145. The predicted octanol–water partition coefficient (Wildman–Crippen LogP) is 3.16. The first-order chi connectivity index (χ1) is 10.6. The number of benzene rings is 1. The van der Waals surface area contributed by atoms with Crippen LogP contribution in [-0.4, -0.2) is 29.4 Å². The van der Waals surface area contributed by atoms with Crippen LogP contribution in [0.15, 0.2) is 30.3 Å². The first-order valence-corrected chi connectivity index (χ1v) is 8.08. The van der Waals surface area contributed by atoms with E-state index in [1.165, 1.54) is 0 Å². The lowest BCUT2D eigenvalue weighted by Gasteiger charge is -2.32.